The van der Waals surface area contributed by atoms with Crippen molar-refractivity contribution in [3.8, 4) is 0 Å². The minimum atomic E-state index is -5.08. The molecule has 1 N–H and O–H groups in total. The molecule has 0 aromatic rings. The molecule has 10 heteroatoms. The van der Waals surface area contributed by atoms with Crippen LogP contribution < -0.4 is 51.4 Å². The molecule has 0 aliphatic rings. The molecule has 0 aliphatic heterocycles. The van der Waals surface area contributed by atoms with Gasteiger partial charge >= 0.3 is 63.5 Å². The Bertz CT molecular complexity index is 153. The van der Waals surface area contributed by atoms with Gasteiger partial charge in [0.1, 0.15) is 0 Å². The number of nitrogens with zero attached hydrogens (tertiary/aromatic N) is 1. The van der Waals surface area contributed by atoms with Gasteiger partial charge in [0.05, 0.1) is 5.09 Å². The number of alkyl halides is 3. The maximum absolute atomic E-state index is 10.6. The number of halogens is 3. The molecular weight excluding hydrogens is 214 g/mol. The molecular formula is C2HF3KNO5. The summed E-state index contributed by atoms with van der Waals surface area (Å²) >= 11 is 0. The Hall–Kier alpha value is 0.0964. The van der Waals surface area contributed by atoms with Crippen molar-refractivity contribution < 1.29 is 79.5 Å². The van der Waals surface area contributed by atoms with Gasteiger partial charge in [-0.05, 0) is 0 Å². The van der Waals surface area contributed by atoms with Gasteiger partial charge in [0.25, 0.3) is 0 Å². The third-order valence-corrected chi connectivity index (χ3v) is 0.243. The molecule has 0 aromatic heterocycles. The number of carboxylic acids is 1. The first-order chi connectivity index (χ1) is 4.68. The maximum Gasteiger partial charge on any atom is 1.00 e. The summed E-state index contributed by atoms with van der Waals surface area (Å²) in [6.07, 6.45) is -5.08. The zero-order chi connectivity index (χ0) is 9.65. The molecule has 0 radical (unpaired) electrons. The number of hydrogen-bond donors (Lipinski definition) is 1. The zero-order valence-corrected chi connectivity index (χ0v) is 8.78. The van der Waals surface area contributed by atoms with E-state index in [2.05, 4.69) is 0 Å². The van der Waals surface area contributed by atoms with Crippen molar-refractivity contribution >= 4 is 5.97 Å². The third kappa shape index (κ3) is 22.5. The van der Waals surface area contributed by atoms with Crippen LogP contribution in [-0.2, 0) is 4.79 Å². The first kappa shape index (κ1) is 18.0. The number of carboxylic acid groups (broad SMARTS) is 1. The fourth-order valence-electron chi connectivity index (χ4n) is 0. The Morgan fingerprint density at radius 3 is 1.42 bits per heavy atom. The van der Waals surface area contributed by atoms with E-state index in [-0.39, 0.29) is 51.4 Å². The Balaban J connectivity index is -0.000000142. The molecule has 0 aliphatic carbocycles. The largest absolute Gasteiger partial charge is 1.00 e. The summed E-state index contributed by atoms with van der Waals surface area (Å²) in [5.41, 5.74) is 0. The second-order valence-corrected chi connectivity index (χ2v) is 1.03. The van der Waals surface area contributed by atoms with Crippen LogP contribution in [0.3, 0.4) is 0 Å². The van der Waals surface area contributed by atoms with Crippen molar-refractivity contribution in [3.05, 3.63) is 15.3 Å². The molecule has 0 saturated carbocycles. The van der Waals surface area contributed by atoms with Crippen molar-refractivity contribution in [2.75, 3.05) is 0 Å². The van der Waals surface area contributed by atoms with Crippen LogP contribution in [0.4, 0.5) is 13.2 Å². The predicted molar refractivity (Wildman–Crippen MR) is 24.1 cm³/mol. The van der Waals surface area contributed by atoms with E-state index < -0.39 is 17.2 Å². The summed E-state index contributed by atoms with van der Waals surface area (Å²) < 4.78 is 31.7. The van der Waals surface area contributed by atoms with Gasteiger partial charge in [0.15, 0.2) is 0 Å². The van der Waals surface area contributed by atoms with Gasteiger partial charge in [-0.1, -0.05) is 0 Å². The van der Waals surface area contributed by atoms with Crippen molar-refractivity contribution in [1.82, 2.24) is 0 Å². The fourth-order valence-corrected chi connectivity index (χ4v) is 0. The van der Waals surface area contributed by atoms with Gasteiger partial charge in [-0.2, -0.15) is 13.2 Å². The number of carbonyl (C=O) groups is 1. The van der Waals surface area contributed by atoms with Crippen LogP contribution in [0.2, 0.25) is 0 Å². The summed E-state index contributed by atoms with van der Waals surface area (Å²) in [5, 5.41) is 21.9. The average molecular weight is 215 g/mol. The van der Waals surface area contributed by atoms with Gasteiger partial charge < -0.3 is 20.4 Å². The molecule has 0 atom stereocenters. The van der Waals surface area contributed by atoms with Crippen molar-refractivity contribution in [1.29, 1.82) is 0 Å². The van der Waals surface area contributed by atoms with Crippen LogP contribution in [0.15, 0.2) is 0 Å². The van der Waals surface area contributed by atoms with Gasteiger partial charge in [0, 0.05) is 0 Å². The van der Waals surface area contributed by atoms with Crippen molar-refractivity contribution in [3.63, 3.8) is 0 Å². The number of hydrogen-bond acceptors (Lipinski definition) is 4. The third-order valence-electron chi connectivity index (χ3n) is 0.243. The van der Waals surface area contributed by atoms with Gasteiger partial charge in [-0.25, -0.2) is 4.79 Å². The molecule has 0 heterocycles. The zero-order valence-electron chi connectivity index (χ0n) is 5.66. The van der Waals surface area contributed by atoms with E-state index in [1.54, 1.807) is 0 Å². The number of rotatable bonds is 0. The van der Waals surface area contributed by atoms with E-state index in [0.29, 0.717) is 0 Å². The van der Waals surface area contributed by atoms with E-state index in [0.717, 1.165) is 0 Å². The smallest absolute Gasteiger partial charge is 0.475 e. The Kier molecular flexibility index (Phi) is 11.6. The Labute approximate surface area is 106 Å². The maximum atomic E-state index is 10.6. The van der Waals surface area contributed by atoms with Crippen LogP contribution in [-0.4, -0.2) is 22.3 Å². The van der Waals surface area contributed by atoms with Gasteiger partial charge in [-0.15, -0.1) is 0 Å². The molecule has 0 amide bonds. The molecule has 0 fully saturated rings. The first-order valence-corrected chi connectivity index (χ1v) is 1.79. The van der Waals surface area contributed by atoms with Gasteiger partial charge in [0.2, 0.25) is 0 Å². The Morgan fingerprint density at radius 2 is 1.42 bits per heavy atom. The van der Waals surface area contributed by atoms with Crippen LogP contribution in [0.1, 0.15) is 0 Å². The van der Waals surface area contributed by atoms with E-state index in [1.807, 2.05) is 0 Å². The predicted octanol–water partition coefficient (Wildman–Crippen LogP) is -2.60. The Morgan fingerprint density at radius 1 is 1.33 bits per heavy atom. The van der Waals surface area contributed by atoms with Crippen molar-refractivity contribution in [2.45, 2.75) is 6.18 Å². The minimum Gasteiger partial charge on any atom is -0.475 e. The van der Waals surface area contributed by atoms with Crippen LogP contribution in [0.25, 0.3) is 0 Å². The fraction of sp³-hybridized carbons (Fsp3) is 0.500. The summed E-state index contributed by atoms with van der Waals surface area (Å²) in [4.78, 5) is 17.1. The molecule has 0 rings (SSSR count). The first-order valence-electron chi connectivity index (χ1n) is 1.79. The normalized spacial score (nSPS) is 8.58. The molecule has 6 nitrogen and oxygen atoms in total. The second kappa shape index (κ2) is 7.73. The van der Waals surface area contributed by atoms with E-state index in [1.165, 1.54) is 0 Å². The molecule has 0 spiro atoms. The topological polar surface area (TPSA) is 104 Å². The quantitative estimate of drug-likeness (QED) is 0.271. The molecule has 0 saturated heterocycles. The monoisotopic (exact) mass is 215 g/mol. The molecule has 0 aromatic carbocycles. The molecule has 0 bridgehead atoms. The standard InChI is InChI=1S/C2HF3O2.K.NO3/c3-2(4,5)1(6)7;;2-1(3)4/h(H,6,7);;/q;+1;-1. The summed E-state index contributed by atoms with van der Waals surface area (Å²) in [7, 11) is 0. The van der Waals surface area contributed by atoms with Crippen LogP contribution in [0.5, 0.6) is 0 Å². The van der Waals surface area contributed by atoms with E-state index in [4.69, 9.17) is 25.2 Å². The minimum absolute atomic E-state index is 0. The van der Waals surface area contributed by atoms with Crippen LogP contribution >= 0.6 is 0 Å². The van der Waals surface area contributed by atoms with Crippen LogP contribution in [0, 0.1) is 15.3 Å². The number of aliphatic carboxylic acids is 1. The van der Waals surface area contributed by atoms with Crippen molar-refractivity contribution in [2.24, 2.45) is 0 Å². The average Bonchev–Trinajstić information content (AvgIpc) is 1.59. The van der Waals surface area contributed by atoms with Gasteiger partial charge in [-0.3, -0.25) is 0 Å². The second-order valence-electron chi connectivity index (χ2n) is 1.03. The summed E-state index contributed by atoms with van der Waals surface area (Å²) in [6, 6.07) is 0. The molecule has 66 valence electrons. The molecule has 0 unspecified atom stereocenters. The summed E-state index contributed by atoms with van der Waals surface area (Å²) in [6.45, 7) is 0. The SMILES string of the molecule is O=C(O)C(F)(F)F.O=[N+]([O-])[O-].[K+]. The summed E-state index contributed by atoms with van der Waals surface area (Å²) in [5.74, 6) is -2.76. The van der Waals surface area contributed by atoms with E-state index >= 15 is 0 Å². The van der Waals surface area contributed by atoms with E-state index in [9.17, 15) is 13.2 Å². The molecule has 12 heavy (non-hydrogen) atoms.